The molecule has 1 nitrogen and oxygen atoms in total. The highest BCUT2D eigenvalue weighted by Gasteiger charge is 2.30. The van der Waals surface area contributed by atoms with E-state index in [1.807, 2.05) is 0 Å². The molecule has 0 aliphatic rings. The molecule has 0 saturated heterocycles. The largest absolute Gasteiger partial charge is 0.416 e. The summed E-state index contributed by atoms with van der Waals surface area (Å²) < 4.78 is 35.7. The molecule has 76 valence electrons. The summed E-state index contributed by atoms with van der Waals surface area (Å²) >= 11 is 0. The van der Waals surface area contributed by atoms with E-state index in [0.29, 0.717) is 0 Å². The molecule has 0 heterocycles. The van der Waals surface area contributed by atoms with E-state index in [4.69, 9.17) is 5.73 Å². The van der Waals surface area contributed by atoms with E-state index in [1.54, 1.807) is 0 Å². The van der Waals surface area contributed by atoms with E-state index in [2.05, 4.69) is 0 Å². The molecule has 0 unspecified atom stereocenters. The van der Waals surface area contributed by atoms with Gasteiger partial charge in [0.25, 0.3) is 0 Å². The predicted octanol–water partition coefficient (Wildman–Crippen LogP) is 3.13. The number of hydrogen-bond acceptors (Lipinski definition) is 1. The molecule has 0 aliphatic heterocycles. The van der Waals surface area contributed by atoms with Crippen molar-refractivity contribution in [3.05, 3.63) is 29.8 Å². The first kappa shape index (κ1) is 14.9. The lowest BCUT2D eigenvalue weighted by Gasteiger charge is -2.05. The third-order valence-electron chi connectivity index (χ3n) is 1.21. The Kier molecular flexibility index (Phi) is 5.95. The summed E-state index contributed by atoms with van der Waals surface area (Å²) in [5.74, 6) is 0. The Labute approximate surface area is 85.9 Å². The SMILES string of the molecule is Cl.Cl.Nc1cccc(C(F)(F)F)c1. The summed E-state index contributed by atoms with van der Waals surface area (Å²) in [6.07, 6.45) is -4.30. The molecule has 0 saturated carbocycles. The van der Waals surface area contributed by atoms with Crippen molar-refractivity contribution in [1.82, 2.24) is 0 Å². The lowest BCUT2D eigenvalue weighted by atomic mass is 10.2. The molecule has 1 aromatic rings. The van der Waals surface area contributed by atoms with E-state index < -0.39 is 11.7 Å². The van der Waals surface area contributed by atoms with Crippen molar-refractivity contribution >= 4 is 30.5 Å². The highest BCUT2D eigenvalue weighted by atomic mass is 35.5. The van der Waals surface area contributed by atoms with Crippen molar-refractivity contribution < 1.29 is 13.2 Å². The Morgan fingerprint density at radius 1 is 1.08 bits per heavy atom. The second-order valence-corrected chi connectivity index (χ2v) is 2.12. The van der Waals surface area contributed by atoms with Crippen LogP contribution in [0.3, 0.4) is 0 Å². The Morgan fingerprint density at radius 2 is 1.62 bits per heavy atom. The van der Waals surface area contributed by atoms with Gasteiger partial charge < -0.3 is 5.73 Å². The maximum absolute atomic E-state index is 11.9. The fourth-order valence-electron chi connectivity index (χ4n) is 0.715. The molecule has 0 radical (unpaired) electrons. The molecule has 2 N–H and O–H groups in total. The smallest absolute Gasteiger partial charge is 0.399 e. The van der Waals surface area contributed by atoms with Crippen LogP contribution in [0.4, 0.5) is 18.9 Å². The minimum absolute atomic E-state index is 0. The van der Waals surface area contributed by atoms with E-state index in [1.165, 1.54) is 12.1 Å². The highest BCUT2D eigenvalue weighted by molar-refractivity contribution is 5.85. The van der Waals surface area contributed by atoms with Gasteiger partial charge in [-0.25, -0.2) is 0 Å². The molecule has 13 heavy (non-hydrogen) atoms. The molecule has 0 aliphatic carbocycles. The van der Waals surface area contributed by atoms with Gasteiger partial charge in [-0.3, -0.25) is 0 Å². The zero-order valence-corrected chi connectivity index (χ0v) is 7.97. The van der Waals surface area contributed by atoms with Crippen LogP contribution in [-0.2, 0) is 6.18 Å². The molecule has 0 bridgehead atoms. The number of benzene rings is 1. The van der Waals surface area contributed by atoms with Gasteiger partial charge >= 0.3 is 6.18 Å². The quantitative estimate of drug-likeness (QED) is 0.685. The van der Waals surface area contributed by atoms with E-state index in [0.717, 1.165) is 12.1 Å². The maximum Gasteiger partial charge on any atom is 0.416 e. The number of anilines is 1. The predicted molar refractivity (Wildman–Crippen MR) is 50.4 cm³/mol. The average molecular weight is 234 g/mol. The fraction of sp³-hybridized carbons (Fsp3) is 0.143. The Hall–Kier alpha value is -0.610. The van der Waals surface area contributed by atoms with Gasteiger partial charge in [0.15, 0.2) is 0 Å². The van der Waals surface area contributed by atoms with Crippen LogP contribution < -0.4 is 5.73 Å². The van der Waals surface area contributed by atoms with Gasteiger partial charge in [-0.1, -0.05) is 6.07 Å². The van der Waals surface area contributed by atoms with Gasteiger partial charge in [-0.15, -0.1) is 24.8 Å². The van der Waals surface area contributed by atoms with Gasteiger partial charge in [0.2, 0.25) is 0 Å². The summed E-state index contributed by atoms with van der Waals surface area (Å²) in [5.41, 5.74) is 4.57. The first-order chi connectivity index (χ1) is 5.00. The zero-order valence-electron chi connectivity index (χ0n) is 6.34. The minimum atomic E-state index is -4.30. The Bertz CT molecular complexity index is 262. The van der Waals surface area contributed by atoms with Crippen LogP contribution >= 0.6 is 24.8 Å². The van der Waals surface area contributed by atoms with Crippen LogP contribution in [0.5, 0.6) is 0 Å². The molecule has 0 aromatic heterocycles. The normalized spacial score (nSPS) is 9.77. The highest BCUT2D eigenvalue weighted by Crippen LogP contribution is 2.29. The third kappa shape index (κ3) is 4.24. The first-order valence-electron chi connectivity index (χ1n) is 2.93. The summed E-state index contributed by atoms with van der Waals surface area (Å²) in [7, 11) is 0. The van der Waals surface area contributed by atoms with Gasteiger partial charge in [-0.05, 0) is 18.2 Å². The second-order valence-electron chi connectivity index (χ2n) is 2.12. The fourth-order valence-corrected chi connectivity index (χ4v) is 0.715. The van der Waals surface area contributed by atoms with Gasteiger partial charge in [0.1, 0.15) is 0 Å². The Balaban J connectivity index is 0. The molecule has 0 amide bonds. The molecule has 1 rings (SSSR count). The number of alkyl halides is 3. The van der Waals surface area contributed by atoms with Crippen LogP contribution in [0.15, 0.2) is 24.3 Å². The van der Waals surface area contributed by atoms with Crippen LogP contribution in [-0.4, -0.2) is 0 Å². The van der Waals surface area contributed by atoms with Crippen LogP contribution in [0.1, 0.15) is 5.56 Å². The van der Waals surface area contributed by atoms with Crippen molar-refractivity contribution in [2.45, 2.75) is 6.18 Å². The minimum Gasteiger partial charge on any atom is -0.399 e. The van der Waals surface area contributed by atoms with Crippen LogP contribution in [0.2, 0.25) is 0 Å². The summed E-state index contributed by atoms with van der Waals surface area (Å²) in [6.45, 7) is 0. The van der Waals surface area contributed by atoms with Gasteiger partial charge in [0, 0.05) is 5.69 Å². The van der Waals surface area contributed by atoms with Crippen molar-refractivity contribution in [2.24, 2.45) is 0 Å². The average Bonchev–Trinajstić information content (AvgIpc) is 1.86. The zero-order chi connectivity index (χ0) is 8.48. The number of nitrogens with two attached hydrogens (primary N) is 1. The lowest BCUT2D eigenvalue weighted by Crippen LogP contribution is -2.04. The van der Waals surface area contributed by atoms with Crippen molar-refractivity contribution in [3.63, 3.8) is 0 Å². The molecule has 0 fully saturated rings. The van der Waals surface area contributed by atoms with Crippen LogP contribution in [0, 0.1) is 0 Å². The number of rotatable bonds is 0. The molecule has 6 heteroatoms. The number of halogens is 5. The third-order valence-corrected chi connectivity index (χ3v) is 1.21. The standard InChI is InChI=1S/C7H6F3N.2ClH/c8-7(9,10)5-2-1-3-6(11)4-5;;/h1-4H,11H2;2*1H. The second kappa shape index (κ2) is 5.19. The Morgan fingerprint density at radius 3 is 1.92 bits per heavy atom. The van der Waals surface area contributed by atoms with Gasteiger partial charge in [-0.2, -0.15) is 13.2 Å². The van der Waals surface area contributed by atoms with E-state index in [9.17, 15) is 13.2 Å². The van der Waals surface area contributed by atoms with Crippen molar-refractivity contribution in [3.8, 4) is 0 Å². The van der Waals surface area contributed by atoms with Crippen LogP contribution in [0.25, 0.3) is 0 Å². The molecule has 1 aromatic carbocycles. The lowest BCUT2D eigenvalue weighted by molar-refractivity contribution is -0.137. The topological polar surface area (TPSA) is 26.0 Å². The molecule has 0 atom stereocenters. The molecular formula is C7H8Cl2F3N. The van der Waals surface area contributed by atoms with E-state index in [-0.39, 0.29) is 30.5 Å². The number of nitrogen functional groups attached to an aromatic ring is 1. The molecular weight excluding hydrogens is 226 g/mol. The summed E-state index contributed by atoms with van der Waals surface area (Å²) in [5, 5.41) is 0. The summed E-state index contributed by atoms with van der Waals surface area (Å²) in [6, 6.07) is 4.57. The van der Waals surface area contributed by atoms with Crippen molar-refractivity contribution in [1.29, 1.82) is 0 Å². The number of hydrogen-bond donors (Lipinski definition) is 1. The van der Waals surface area contributed by atoms with Crippen molar-refractivity contribution in [2.75, 3.05) is 5.73 Å². The maximum atomic E-state index is 11.9. The first-order valence-corrected chi connectivity index (χ1v) is 2.93. The monoisotopic (exact) mass is 233 g/mol. The van der Waals surface area contributed by atoms with E-state index >= 15 is 0 Å². The van der Waals surface area contributed by atoms with Gasteiger partial charge in [0.05, 0.1) is 5.56 Å². The molecule has 0 spiro atoms. The summed E-state index contributed by atoms with van der Waals surface area (Å²) in [4.78, 5) is 0.